The van der Waals surface area contributed by atoms with Gasteiger partial charge < -0.3 is 5.73 Å². The summed E-state index contributed by atoms with van der Waals surface area (Å²) in [5.41, 5.74) is 8.01. The molecule has 86 valence electrons. The van der Waals surface area contributed by atoms with E-state index in [9.17, 15) is 0 Å². The molecule has 0 aliphatic heterocycles. The number of tetrazole rings is 1. The first kappa shape index (κ1) is 10.7. The SMILES string of the molecule is Cc1cc(C(N)Cc2nnn(C)n2)n(C)n1. The van der Waals surface area contributed by atoms with E-state index in [2.05, 4.69) is 20.5 Å². The third-order valence-electron chi connectivity index (χ3n) is 2.37. The molecule has 0 aliphatic rings. The van der Waals surface area contributed by atoms with Gasteiger partial charge in [-0.1, -0.05) is 0 Å². The van der Waals surface area contributed by atoms with Gasteiger partial charge in [0.15, 0.2) is 5.82 Å². The summed E-state index contributed by atoms with van der Waals surface area (Å²) in [6.45, 7) is 1.94. The number of hydrogen-bond acceptors (Lipinski definition) is 5. The van der Waals surface area contributed by atoms with Crippen LogP contribution in [0.2, 0.25) is 0 Å². The molecule has 0 spiro atoms. The summed E-state index contributed by atoms with van der Waals surface area (Å²) in [7, 11) is 3.61. The van der Waals surface area contributed by atoms with Gasteiger partial charge in [-0.15, -0.1) is 10.2 Å². The van der Waals surface area contributed by atoms with E-state index in [4.69, 9.17) is 5.73 Å². The third kappa shape index (κ3) is 2.08. The normalized spacial score (nSPS) is 13.0. The van der Waals surface area contributed by atoms with E-state index in [1.54, 1.807) is 11.7 Å². The van der Waals surface area contributed by atoms with Crippen LogP contribution in [0.4, 0.5) is 0 Å². The fourth-order valence-corrected chi connectivity index (χ4v) is 1.68. The van der Waals surface area contributed by atoms with Crippen LogP contribution in [-0.4, -0.2) is 30.0 Å². The van der Waals surface area contributed by atoms with Gasteiger partial charge in [-0.25, -0.2) is 0 Å². The van der Waals surface area contributed by atoms with Crippen molar-refractivity contribution in [2.45, 2.75) is 19.4 Å². The Morgan fingerprint density at radius 2 is 2.12 bits per heavy atom. The molecule has 0 fully saturated rings. The Balaban J connectivity index is 2.14. The third-order valence-corrected chi connectivity index (χ3v) is 2.37. The molecule has 0 aliphatic carbocycles. The van der Waals surface area contributed by atoms with Gasteiger partial charge in [0, 0.05) is 13.5 Å². The first-order chi connectivity index (χ1) is 7.56. The van der Waals surface area contributed by atoms with Crippen molar-refractivity contribution < 1.29 is 0 Å². The molecule has 7 nitrogen and oxygen atoms in total. The molecule has 0 saturated carbocycles. The number of nitrogens with two attached hydrogens (primary N) is 1. The molecule has 1 atom stereocenters. The maximum Gasteiger partial charge on any atom is 0.176 e. The number of nitrogens with zero attached hydrogens (tertiary/aromatic N) is 6. The van der Waals surface area contributed by atoms with Crippen LogP contribution in [0.1, 0.15) is 23.3 Å². The molecule has 2 aromatic rings. The molecule has 16 heavy (non-hydrogen) atoms. The number of hydrogen-bond donors (Lipinski definition) is 1. The summed E-state index contributed by atoms with van der Waals surface area (Å²) >= 11 is 0. The van der Waals surface area contributed by atoms with E-state index in [1.165, 1.54) is 4.80 Å². The smallest absolute Gasteiger partial charge is 0.176 e. The van der Waals surface area contributed by atoms with E-state index in [-0.39, 0.29) is 6.04 Å². The lowest BCUT2D eigenvalue weighted by Gasteiger charge is -2.08. The van der Waals surface area contributed by atoms with Crippen LogP contribution < -0.4 is 5.73 Å². The monoisotopic (exact) mass is 221 g/mol. The fraction of sp³-hybridized carbons (Fsp3) is 0.556. The van der Waals surface area contributed by atoms with Gasteiger partial charge in [0.2, 0.25) is 0 Å². The lowest BCUT2D eigenvalue weighted by molar-refractivity contribution is 0.595. The van der Waals surface area contributed by atoms with Crippen LogP contribution in [0.15, 0.2) is 6.07 Å². The Morgan fingerprint density at radius 3 is 2.62 bits per heavy atom. The van der Waals surface area contributed by atoms with E-state index >= 15 is 0 Å². The Bertz CT molecular complexity index is 484. The van der Waals surface area contributed by atoms with Crippen molar-refractivity contribution in [3.63, 3.8) is 0 Å². The van der Waals surface area contributed by atoms with Gasteiger partial charge in [-0.2, -0.15) is 9.90 Å². The van der Waals surface area contributed by atoms with Crippen LogP contribution >= 0.6 is 0 Å². The van der Waals surface area contributed by atoms with Crippen molar-refractivity contribution >= 4 is 0 Å². The molecule has 0 aromatic carbocycles. The van der Waals surface area contributed by atoms with Gasteiger partial charge in [0.25, 0.3) is 0 Å². The largest absolute Gasteiger partial charge is 0.322 e. The fourth-order valence-electron chi connectivity index (χ4n) is 1.68. The molecular weight excluding hydrogens is 206 g/mol. The van der Waals surface area contributed by atoms with Crippen molar-refractivity contribution in [1.29, 1.82) is 0 Å². The average Bonchev–Trinajstić information content (AvgIpc) is 2.73. The van der Waals surface area contributed by atoms with Crippen molar-refractivity contribution in [3.8, 4) is 0 Å². The summed E-state index contributed by atoms with van der Waals surface area (Å²) in [5.74, 6) is 0.647. The average molecular weight is 221 g/mol. The highest BCUT2D eigenvalue weighted by molar-refractivity contribution is 5.13. The maximum atomic E-state index is 6.07. The Morgan fingerprint density at radius 1 is 1.38 bits per heavy atom. The molecule has 2 rings (SSSR count). The second-order valence-electron chi connectivity index (χ2n) is 3.84. The summed E-state index contributed by atoms with van der Waals surface area (Å²) < 4.78 is 1.79. The first-order valence-electron chi connectivity index (χ1n) is 5.05. The highest BCUT2D eigenvalue weighted by atomic mass is 15.6. The topological polar surface area (TPSA) is 87.4 Å². The zero-order chi connectivity index (χ0) is 11.7. The Kier molecular flexibility index (Phi) is 2.69. The van der Waals surface area contributed by atoms with Gasteiger partial charge in [-0.3, -0.25) is 4.68 Å². The van der Waals surface area contributed by atoms with Gasteiger partial charge in [0.1, 0.15) is 0 Å². The van der Waals surface area contributed by atoms with Gasteiger partial charge >= 0.3 is 0 Å². The molecule has 2 N–H and O–H groups in total. The molecule has 2 heterocycles. The van der Waals surface area contributed by atoms with Crippen molar-refractivity contribution in [3.05, 3.63) is 23.3 Å². The summed E-state index contributed by atoms with van der Waals surface area (Å²) in [5, 5.41) is 16.0. The second-order valence-corrected chi connectivity index (χ2v) is 3.84. The van der Waals surface area contributed by atoms with Crippen LogP contribution in [0, 0.1) is 6.92 Å². The quantitative estimate of drug-likeness (QED) is 0.754. The van der Waals surface area contributed by atoms with Crippen molar-refractivity contribution in [1.82, 2.24) is 30.0 Å². The van der Waals surface area contributed by atoms with Gasteiger partial charge in [0.05, 0.1) is 24.5 Å². The zero-order valence-electron chi connectivity index (χ0n) is 9.62. The standard InChI is InChI=1S/C9H15N7/c1-6-4-8(15(2)12-6)7(10)5-9-11-14-16(3)13-9/h4,7H,5,10H2,1-3H3. The van der Waals surface area contributed by atoms with E-state index < -0.39 is 0 Å². The first-order valence-corrected chi connectivity index (χ1v) is 5.05. The van der Waals surface area contributed by atoms with E-state index in [0.29, 0.717) is 12.2 Å². The van der Waals surface area contributed by atoms with Crippen LogP contribution in [0.5, 0.6) is 0 Å². The molecule has 1 unspecified atom stereocenters. The number of rotatable bonds is 3. The summed E-state index contributed by atoms with van der Waals surface area (Å²) in [6, 6.07) is 1.82. The lowest BCUT2D eigenvalue weighted by atomic mass is 10.1. The molecule has 7 heteroatoms. The molecule has 0 radical (unpaired) electrons. The molecule has 2 aromatic heterocycles. The predicted molar refractivity (Wildman–Crippen MR) is 57.4 cm³/mol. The molecule has 0 saturated heterocycles. The van der Waals surface area contributed by atoms with Crippen LogP contribution in [-0.2, 0) is 20.5 Å². The zero-order valence-corrected chi connectivity index (χ0v) is 9.62. The minimum absolute atomic E-state index is 0.157. The van der Waals surface area contributed by atoms with Crippen molar-refractivity contribution in [2.24, 2.45) is 19.8 Å². The van der Waals surface area contributed by atoms with Crippen LogP contribution in [0.3, 0.4) is 0 Å². The summed E-state index contributed by atoms with van der Waals surface area (Å²) in [4.78, 5) is 1.43. The minimum Gasteiger partial charge on any atom is -0.322 e. The molecule has 0 bridgehead atoms. The highest BCUT2D eigenvalue weighted by Gasteiger charge is 2.14. The van der Waals surface area contributed by atoms with Crippen molar-refractivity contribution in [2.75, 3.05) is 0 Å². The summed E-state index contributed by atoms with van der Waals surface area (Å²) in [6.07, 6.45) is 0.562. The van der Waals surface area contributed by atoms with Gasteiger partial charge in [-0.05, 0) is 18.2 Å². The number of aryl methyl sites for hydroxylation is 3. The molecular formula is C9H15N7. The lowest BCUT2D eigenvalue weighted by Crippen LogP contribution is -2.17. The molecule has 0 amide bonds. The predicted octanol–water partition coefficient (Wildman–Crippen LogP) is -0.505. The minimum atomic E-state index is -0.157. The number of aromatic nitrogens is 6. The van der Waals surface area contributed by atoms with E-state index in [0.717, 1.165) is 11.4 Å². The maximum absolute atomic E-state index is 6.07. The van der Waals surface area contributed by atoms with Crippen LogP contribution in [0.25, 0.3) is 0 Å². The van der Waals surface area contributed by atoms with E-state index in [1.807, 2.05) is 20.0 Å². The second kappa shape index (κ2) is 4.01. The highest BCUT2D eigenvalue weighted by Crippen LogP contribution is 2.14. The Labute approximate surface area is 93.2 Å². The Hall–Kier alpha value is -1.76.